The van der Waals surface area contributed by atoms with E-state index in [1.54, 1.807) is 6.07 Å². The molecular formula is C23H21BrClF3N2O2. The van der Waals surface area contributed by atoms with Gasteiger partial charge in [0.05, 0.1) is 22.7 Å². The molecule has 170 valence electrons. The summed E-state index contributed by atoms with van der Waals surface area (Å²) in [6.07, 6.45) is -0.912. The Morgan fingerprint density at radius 1 is 1.06 bits per heavy atom. The van der Waals surface area contributed by atoms with E-state index in [0.717, 1.165) is 23.4 Å². The van der Waals surface area contributed by atoms with Crippen LogP contribution in [0.1, 0.15) is 29.5 Å². The van der Waals surface area contributed by atoms with Crippen LogP contribution in [-0.4, -0.2) is 37.1 Å². The van der Waals surface area contributed by atoms with E-state index in [9.17, 15) is 13.2 Å². The minimum Gasteiger partial charge on any atom is -0.476 e. The smallest absolute Gasteiger partial charge is 0.417 e. The van der Waals surface area contributed by atoms with Crippen molar-refractivity contribution in [2.24, 2.45) is 9.98 Å². The number of hydrogen-bond donors (Lipinski definition) is 0. The van der Waals surface area contributed by atoms with Crippen molar-refractivity contribution < 1.29 is 22.6 Å². The van der Waals surface area contributed by atoms with Crippen LogP contribution in [-0.2, 0) is 28.5 Å². The summed E-state index contributed by atoms with van der Waals surface area (Å²) in [4.78, 5) is 9.01. The number of halogens is 5. The maximum Gasteiger partial charge on any atom is 0.417 e. The first-order valence-electron chi connectivity index (χ1n) is 10.3. The summed E-state index contributed by atoms with van der Waals surface area (Å²) in [7, 11) is 0. The third-order valence-corrected chi connectivity index (χ3v) is 6.33. The predicted molar refractivity (Wildman–Crippen MR) is 122 cm³/mol. The molecule has 2 aromatic rings. The van der Waals surface area contributed by atoms with Crippen molar-refractivity contribution in [2.45, 2.75) is 50.0 Å². The molecule has 0 amide bonds. The molecule has 0 bridgehead atoms. The first kappa shape index (κ1) is 23.1. The normalized spacial score (nSPS) is 22.5. The number of alkyl halides is 3. The van der Waals surface area contributed by atoms with Crippen LogP contribution in [0.25, 0.3) is 0 Å². The molecule has 0 radical (unpaired) electrons. The van der Waals surface area contributed by atoms with Crippen LogP contribution in [0.4, 0.5) is 13.2 Å². The molecule has 0 saturated carbocycles. The van der Waals surface area contributed by atoms with Gasteiger partial charge in [-0.2, -0.15) is 13.2 Å². The minimum atomic E-state index is -4.48. The fraction of sp³-hybridized carbons (Fsp3) is 0.391. The highest BCUT2D eigenvalue weighted by atomic mass is 79.9. The van der Waals surface area contributed by atoms with Gasteiger partial charge in [-0.15, -0.1) is 0 Å². The Labute approximate surface area is 197 Å². The summed E-state index contributed by atoms with van der Waals surface area (Å²) in [6, 6.07) is 11.9. The van der Waals surface area contributed by atoms with Crippen LogP contribution < -0.4 is 0 Å². The number of hydrogen-bond acceptors (Lipinski definition) is 4. The van der Waals surface area contributed by atoms with Crippen LogP contribution in [0, 0.1) is 0 Å². The topological polar surface area (TPSA) is 43.2 Å². The van der Waals surface area contributed by atoms with Gasteiger partial charge in [0.1, 0.15) is 6.61 Å². The number of aryl methyl sites for hydroxylation is 2. The zero-order valence-corrected chi connectivity index (χ0v) is 19.3. The number of benzene rings is 2. The van der Waals surface area contributed by atoms with Crippen LogP contribution in [0.3, 0.4) is 0 Å². The van der Waals surface area contributed by atoms with Crippen LogP contribution in [0.5, 0.6) is 0 Å². The maximum absolute atomic E-state index is 13.1. The molecule has 2 aliphatic rings. The van der Waals surface area contributed by atoms with Crippen LogP contribution in [0.15, 0.2) is 56.9 Å². The number of rotatable bonds is 7. The highest BCUT2D eigenvalue weighted by molar-refractivity contribution is 9.10. The van der Waals surface area contributed by atoms with E-state index in [2.05, 4.69) is 38.0 Å². The molecule has 0 fully saturated rings. The zero-order valence-electron chi connectivity index (χ0n) is 17.0. The van der Waals surface area contributed by atoms with Gasteiger partial charge in [-0.1, -0.05) is 45.7 Å². The van der Waals surface area contributed by atoms with E-state index in [1.807, 2.05) is 12.1 Å². The van der Waals surface area contributed by atoms with Crippen molar-refractivity contribution in [1.82, 2.24) is 0 Å². The van der Waals surface area contributed by atoms with Gasteiger partial charge in [-0.25, -0.2) is 4.99 Å². The van der Waals surface area contributed by atoms with Crippen molar-refractivity contribution in [1.29, 1.82) is 0 Å². The highest BCUT2D eigenvalue weighted by Crippen LogP contribution is 2.35. The predicted octanol–water partition coefficient (Wildman–Crippen LogP) is 6.28. The molecule has 0 N–H and O–H groups in total. The van der Waals surface area contributed by atoms with Gasteiger partial charge >= 0.3 is 6.18 Å². The molecule has 0 saturated heterocycles. The molecule has 2 aliphatic heterocycles. The molecule has 0 spiro atoms. The summed E-state index contributed by atoms with van der Waals surface area (Å²) in [5.74, 6) is 0.513. The Kier molecular flexibility index (Phi) is 7.10. The highest BCUT2D eigenvalue weighted by Gasteiger charge is 2.36. The molecule has 2 aromatic carbocycles. The first-order chi connectivity index (χ1) is 15.3. The van der Waals surface area contributed by atoms with E-state index in [-0.39, 0.29) is 17.1 Å². The molecule has 2 heterocycles. The first-order valence-corrected chi connectivity index (χ1v) is 11.4. The second-order valence-corrected chi connectivity index (χ2v) is 9.15. The summed E-state index contributed by atoms with van der Waals surface area (Å²) in [5, 5.41) is -0.302. The molecular weight excluding hydrogens is 509 g/mol. The lowest BCUT2D eigenvalue weighted by Gasteiger charge is -2.17. The lowest BCUT2D eigenvalue weighted by Crippen LogP contribution is -2.32. The average Bonchev–Trinajstić information content (AvgIpc) is 3.40. The number of aliphatic imine (C=N–C) groups is 2. The molecule has 0 aromatic heterocycles. The summed E-state index contributed by atoms with van der Waals surface area (Å²) in [5.41, 5.74) is 0.947. The van der Waals surface area contributed by atoms with E-state index in [1.165, 1.54) is 18.0 Å². The second-order valence-electron chi connectivity index (χ2n) is 7.83. The van der Waals surface area contributed by atoms with Crippen molar-refractivity contribution in [3.05, 3.63) is 68.7 Å². The average molecular weight is 530 g/mol. The molecule has 32 heavy (non-hydrogen) atoms. The van der Waals surface area contributed by atoms with Crippen molar-refractivity contribution in [3.8, 4) is 0 Å². The van der Waals surface area contributed by atoms with E-state index in [4.69, 9.17) is 21.1 Å². The van der Waals surface area contributed by atoms with Gasteiger partial charge in [-0.3, -0.25) is 4.99 Å². The molecule has 0 aliphatic carbocycles. The third kappa shape index (κ3) is 5.64. The fourth-order valence-electron chi connectivity index (χ4n) is 3.82. The van der Waals surface area contributed by atoms with Crippen LogP contribution in [0.2, 0.25) is 5.02 Å². The van der Waals surface area contributed by atoms with Gasteiger partial charge in [-0.05, 0) is 61.1 Å². The Hall–Kier alpha value is -2.06. The Morgan fingerprint density at radius 3 is 2.62 bits per heavy atom. The van der Waals surface area contributed by atoms with Gasteiger partial charge < -0.3 is 9.47 Å². The van der Waals surface area contributed by atoms with Gasteiger partial charge in [0, 0.05) is 4.47 Å². The van der Waals surface area contributed by atoms with Gasteiger partial charge in [0.15, 0.2) is 12.5 Å². The Morgan fingerprint density at radius 2 is 1.84 bits per heavy atom. The van der Waals surface area contributed by atoms with Crippen molar-refractivity contribution >= 4 is 39.8 Å². The monoisotopic (exact) mass is 528 g/mol. The molecule has 3 unspecified atom stereocenters. The van der Waals surface area contributed by atoms with E-state index < -0.39 is 17.8 Å². The summed E-state index contributed by atoms with van der Waals surface area (Å²) in [6.45, 7) is 0.488. The number of nitrogens with zero attached hydrogens (tertiary/aromatic N) is 2. The standard InChI is InChI=1S/C23H21BrClF3N2O2/c24-16-3-1-2-14(10-16)4-7-17-12-31-22(30-17)21-20(29-13-32-21)9-6-15-5-8-19(25)18(11-15)23(26,27)28/h1-3,5,8,10-11,13,17,20-21H,4,6-7,9,12H2. The lowest BCUT2D eigenvalue weighted by atomic mass is 10.00. The zero-order chi connectivity index (χ0) is 22.7. The van der Waals surface area contributed by atoms with E-state index in [0.29, 0.717) is 30.9 Å². The Bertz CT molecular complexity index is 1030. The molecule has 4 nitrogen and oxygen atoms in total. The number of ether oxygens (including phenoxy) is 2. The Balaban J connectivity index is 1.34. The van der Waals surface area contributed by atoms with Crippen molar-refractivity contribution in [3.63, 3.8) is 0 Å². The summed E-state index contributed by atoms with van der Waals surface area (Å²) < 4.78 is 51.7. The second kappa shape index (κ2) is 9.83. The lowest BCUT2D eigenvalue weighted by molar-refractivity contribution is -0.137. The quantitative estimate of drug-likeness (QED) is 0.424. The van der Waals surface area contributed by atoms with E-state index >= 15 is 0 Å². The fourth-order valence-corrected chi connectivity index (χ4v) is 4.49. The minimum absolute atomic E-state index is 0.0411. The molecule has 4 rings (SSSR count). The van der Waals surface area contributed by atoms with Gasteiger partial charge in [0.25, 0.3) is 0 Å². The third-order valence-electron chi connectivity index (χ3n) is 5.51. The summed E-state index contributed by atoms with van der Waals surface area (Å²) >= 11 is 9.19. The maximum atomic E-state index is 13.1. The largest absolute Gasteiger partial charge is 0.476 e. The SMILES string of the molecule is FC(F)(F)c1cc(CCC2N=COC2C2=NC(CCc3cccc(Br)c3)CO2)ccc1Cl. The molecule has 3 atom stereocenters. The van der Waals surface area contributed by atoms with Crippen LogP contribution >= 0.6 is 27.5 Å². The molecule has 9 heteroatoms. The van der Waals surface area contributed by atoms with Gasteiger partial charge in [0.2, 0.25) is 5.90 Å². The van der Waals surface area contributed by atoms with Crippen molar-refractivity contribution in [2.75, 3.05) is 6.61 Å².